The van der Waals surface area contributed by atoms with E-state index in [9.17, 15) is 23.1 Å². The van der Waals surface area contributed by atoms with Crippen LogP contribution in [0, 0.1) is 5.92 Å². The van der Waals surface area contributed by atoms with Crippen LogP contribution in [-0.2, 0) is 4.79 Å². The fraction of sp³-hybridized carbons (Fsp3) is 0.769. The molecule has 2 aliphatic rings. The molecule has 1 aliphatic heterocycles. The average molecular weight is 277 g/mol. The van der Waals surface area contributed by atoms with Gasteiger partial charge >= 0.3 is 6.18 Å². The molecule has 1 aliphatic carbocycles. The molecule has 108 valence electrons. The van der Waals surface area contributed by atoms with Gasteiger partial charge in [-0.3, -0.25) is 4.79 Å². The number of rotatable bonds is 1. The molecule has 0 aromatic rings. The van der Waals surface area contributed by atoms with Crippen LogP contribution < -0.4 is 0 Å². The van der Waals surface area contributed by atoms with Crippen LogP contribution >= 0.6 is 0 Å². The second-order valence-corrected chi connectivity index (χ2v) is 5.34. The van der Waals surface area contributed by atoms with Crippen LogP contribution in [0.1, 0.15) is 32.1 Å². The van der Waals surface area contributed by atoms with Gasteiger partial charge in [-0.05, 0) is 19.3 Å². The zero-order valence-electron chi connectivity index (χ0n) is 10.6. The number of likely N-dealkylation sites (tertiary alicyclic amines) is 1. The summed E-state index contributed by atoms with van der Waals surface area (Å²) in [6.07, 6.45) is 0.765. The number of halogens is 3. The van der Waals surface area contributed by atoms with Crippen molar-refractivity contribution < 1.29 is 23.1 Å². The molecule has 0 unspecified atom stereocenters. The van der Waals surface area contributed by atoms with Crippen molar-refractivity contribution in [1.82, 2.24) is 4.90 Å². The van der Waals surface area contributed by atoms with Gasteiger partial charge in [0, 0.05) is 31.8 Å². The number of carbonyl (C=O) groups is 1. The Balaban J connectivity index is 1.93. The number of piperidine rings is 1. The van der Waals surface area contributed by atoms with E-state index in [0.29, 0.717) is 6.42 Å². The molecule has 1 N–H and O–H groups in total. The van der Waals surface area contributed by atoms with Gasteiger partial charge in [0.25, 0.3) is 0 Å². The van der Waals surface area contributed by atoms with Crippen molar-refractivity contribution >= 4 is 5.91 Å². The fourth-order valence-electron chi connectivity index (χ4n) is 2.66. The normalized spacial score (nSPS) is 27.4. The Morgan fingerprint density at radius 3 is 2.37 bits per heavy atom. The standard InChI is InChI=1S/C13H18F3NO2/c14-13(15,16)12(19)6-8-17(9-7-12)11(18)10-4-2-1-3-5-10/h1-2,10,19H,3-9H2/t10-/m1/s1. The minimum atomic E-state index is -4.62. The number of aliphatic hydroxyl groups is 1. The summed E-state index contributed by atoms with van der Waals surface area (Å²) in [5, 5.41) is 9.54. The van der Waals surface area contributed by atoms with Crippen LogP contribution in [0.25, 0.3) is 0 Å². The van der Waals surface area contributed by atoms with Gasteiger partial charge in [0.05, 0.1) is 0 Å². The molecule has 1 fully saturated rings. The molecule has 0 saturated carbocycles. The summed E-state index contributed by atoms with van der Waals surface area (Å²) in [6, 6.07) is 0. The van der Waals surface area contributed by atoms with Crippen molar-refractivity contribution in [3.05, 3.63) is 12.2 Å². The second-order valence-electron chi connectivity index (χ2n) is 5.34. The van der Waals surface area contributed by atoms with Crippen molar-refractivity contribution in [2.75, 3.05) is 13.1 Å². The van der Waals surface area contributed by atoms with Crippen molar-refractivity contribution in [2.45, 2.75) is 43.9 Å². The van der Waals surface area contributed by atoms with E-state index in [0.717, 1.165) is 12.8 Å². The van der Waals surface area contributed by atoms with E-state index in [4.69, 9.17) is 0 Å². The van der Waals surface area contributed by atoms with Gasteiger partial charge in [0.15, 0.2) is 5.60 Å². The van der Waals surface area contributed by atoms with Gasteiger partial charge in [0.2, 0.25) is 5.91 Å². The largest absolute Gasteiger partial charge is 0.417 e. The SMILES string of the molecule is O=C([C@@H]1CC=CCC1)N1CCC(O)(C(F)(F)F)CC1. The third-order valence-corrected chi connectivity index (χ3v) is 4.05. The number of allylic oxidation sites excluding steroid dienone is 2. The van der Waals surface area contributed by atoms with Crippen molar-refractivity contribution in [2.24, 2.45) is 5.92 Å². The highest BCUT2D eigenvalue weighted by Gasteiger charge is 2.55. The minimum Gasteiger partial charge on any atom is -0.380 e. The first-order chi connectivity index (χ1) is 8.83. The second kappa shape index (κ2) is 5.15. The number of amides is 1. The molecule has 1 amide bonds. The summed E-state index contributed by atoms with van der Waals surface area (Å²) in [6.45, 7) is -0.0376. The number of carbonyl (C=O) groups excluding carboxylic acids is 1. The first-order valence-electron chi connectivity index (χ1n) is 6.56. The smallest absolute Gasteiger partial charge is 0.380 e. The van der Waals surface area contributed by atoms with Gasteiger partial charge in [0.1, 0.15) is 0 Å². The highest BCUT2D eigenvalue weighted by Crippen LogP contribution is 2.38. The van der Waals surface area contributed by atoms with Gasteiger partial charge in [-0.2, -0.15) is 13.2 Å². The highest BCUT2D eigenvalue weighted by molar-refractivity contribution is 5.79. The Bertz CT molecular complexity index is 371. The molecule has 0 bridgehead atoms. The molecule has 3 nitrogen and oxygen atoms in total. The zero-order valence-corrected chi connectivity index (χ0v) is 10.6. The first kappa shape index (κ1) is 14.4. The van der Waals surface area contributed by atoms with Gasteiger partial charge in [-0.1, -0.05) is 12.2 Å². The molecule has 1 atom stereocenters. The van der Waals surface area contributed by atoms with Gasteiger partial charge < -0.3 is 10.0 Å². The van der Waals surface area contributed by atoms with E-state index in [1.807, 2.05) is 12.2 Å². The predicted molar refractivity (Wildman–Crippen MR) is 63.3 cm³/mol. The third-order valence-electron chi connectivity index (χ3n) is 4.05. The maximum atomic E-state index is 12.6. The fourth-order valence-corrected chi connectivity index (χ4v) is 2.66. The van der Waals surface area contributed by atoms with E-state index in [2.05, 4.69) is 0 Å². The van der Waals surface area contributed by atoms with E-state index in [1.165, 1.54) is 4.90 Å². The Kier molecular flexibility index (Phi) is 3.90. The average Bonchev–Trinajstić information content (AvgIpc) is 2.39. The minimum absolute atomic E-state index is 0.0188. The maximum Gasteiger partial charge on any atom is 0.417 e. The molecular weight excluding hydrogens is 259 g/mol. The molecule has 6 heteroatoms. The Morgan fingerprint density at radius 1 is 1.26 bits per heavy atom. The van der Waals surface area contributed by atoms with Crippen LogP contribution in [0.15, 0.2) is 12.2 Å². The van der Waals surface area contributed by atoms with E-state index < -0.39 is 24.6 Å². The number of hydrogen-bond donors (Lipinski definition) is 1. The van der Waals surface area contributed by atoms with Gasteiger partial charge in [-0.15, -0.1) is 0 Å². The summed E-state index contributed by atoms with van der Waals surface area (Å²) in [7, 11) is 0. The van der Waals surface area contributed by atoms with Crippen LogP contribution in [0.2, 0.25) is 0 Å². The lowest BCUT2D eigenvalue weighted by atomic mass is 9.88. The van der Waals surface area contributed by atoms with E-state index >= 15 is 0 Å². The molecule has 0 aromatic carbocycles. The number of hydrogen-bond acceptors (Lipinski definition) is 2. The lowest BCUT2D eigenvalue weighted by Gasteiger charge is -2.40. The lowest BCUT2D eigenvalue weighted by Crippen LogP contribution is -2.55. The summed E-state index contributed by atoms with van der Waals surface area (Å²) in [4.78, 5) is 13.6. The van der Waals surface area contributed by atoms with Crippen molar-refractivity contribution in [3.63, 3.8) is 0 Å². The highest BCUT2D eigenvalue weighted by atomic mass is 19.4. The lowest BCUT2D eigenvalue weighted by molar-refractivity contribution is -0.272. The summed E-state index contributed by atoms with van der Waals surface area (Å²) < 4.78 is 37.9. The van der Waals surface area contributed by atoms with E-state index in [1.54, 1.807) is 0 Å². The Labute approximate surface area is 110 Å². The Hall–Kier alpha value is -1.04. The zero-order chi connectivity index (χ0) is 14.1. The summed E-state index contributed by atoms with van der Waals surface area (Å²) >= 11 is 0. The Morgan fingerprint density at radius 2 is 1.89 bits per heavy atom. The molecule has 1 saturated heterocycles. The van der Waals surface area contributed by atoms with Gasteiger partial charge in [-0.25, -0.2) is 0 Å². The summed E-state index contributed by atoms with van der Waals surface area (Å²) in [5.74, 6) is -0.185. The third kappa shape index (κ3) is 2.94. The summed E-state index contributed by atoms with van der Waals surface area (Å²) in [5.41, 5.74) is -2.63. The topological polar surface area (TPSA) is 40.5 Å². The quantitative estimate of drug-likeness (QED) is 0.747. The van der Waals surface area contributed by atoms with Crippen molar-refractivity contribution in [1.29, 1.82) is 0 Å². The molecule has 0 spiro atoms. The number of alkyl halides is 3. The molecule has 0 radical (unpaired) electrons. The van der Waals surface area contributed by atoms with Crippen LogP contribution in [0.3, 0.4) is 0 Å². The van der Waals surface area contributed by atoms with E-state index in [-0.39, 0.29) is 24.9 Å². The molecule has 1 heterocycles. The maximum absolute atomic E-state index is 12.6. The molecule has 19 heavy (non-hydrogen) atoms. The first-order valence-corrected chi connectivity index (χ1v) is 6.56. The molecular formula is C13H18F3NO2. The van der Waals surface area contributed by atoms with Crippen molar-refractivity contribution in [3.8, 4) is 0 Å². The molecule has 2 rings (SSSR count). The van der Waals surface area contributed by atoms with Crippen LogP contribution in [0.5, 0.6) is 0 Å². The number of nitrogens with zero attached hydrogens (tertiary/aromatic N) is 1. The predicted octanol–water partition coefficient (Wildman–Crippen LogP) is 2.26. The molecule has 0 aromatic heterocycles. The van der Waals surface area contributed by atoms with Crippen LogP contribution in [-0.4, -0.2) is 40.8 Å². The van der Waals surface area contributed by atoms with Crippen LogP contribution in [0.4, 0.5) is 13.2 Å². The monoisotopic (exact) mass is 277 g/mol.